The summed E-state index contributed by atoms with van der Waals surface area (Å²) in [6.45, 7) is 1.86. The summed E-state index contributed by atoms with van der Waals surface area (Å²) in [6, 6.07) is 9.76. The molecule has 98 valence electrons. The van der Waals surface area contributed by atoms with Crippen LogP contribution in [0.4, 0.5) is 0 Å². The lowest BCUT2D eigenvalue weighted by atomic mass is 9.99. The summed E-state index contributed by atoms with van der Waals surface area (Å²) in [5.74, 6) is -1.10. The number of aromatic nitrogens is 1. The number of hydrogen-bond acceptors (Lipinski definition) is 3. The van der Waals surface area contributed by atoms with Crippen LogP contribution in [-0.2, 0) is 11.8 Å². The predicted octanol–water partition coefficient (Wildman–Crippen LogP) is 2.95. The molecule has 4 nitrogen and oxygen atoms in total. The van der Waals surface area contributed by atoms with Crippen molar-refractivity contribution in [2.45, 2.75) is 6.92 Å². The zero-order valence-electron chi connectivity index (χ0n) is 11.1. The molecule has 0 bridgehead atoms. The number of hydrogen-bond donors (Lipinski definition) is 0. The Kier molecular flexibility index (Phi) is 1.95. The molecule has 4 heteroatoms. The first-order valence-electron chi connectivity index (χ1n) is 6.37. The van der Waals surface area contributed by atoms with Gasteiger partial charge in [-0.2, -0.15) is 0 Å². The summed E-state index contributed by atoms with van der Waals surface area (Å²) in [4.78, 5) is 23.6. The fraction of sp³-hybridized carbons (Fsp3) is 0.125. The number of rotatable bonds is 0. The standard InChI is InChI=1S/C16H11NO3/c1-8-13-11(15(18)20-16(13)19)7-10-9-5-3-4-6-12(9)17(2)14(8)10/h3-7H,1-2H3. The largest absolute Gasteiger partial charge is 0.386 e. The highest BCUT2D eigenvalue weighted by atomic mass is 16.6. The Labute approximate surface area is 114 Å². The van der Waals surface area contributed by atoms with Crippen molar-refractivity contribution in [2.24, 2.45) is 7.05 Å². The number of cyclic esters (lactones) is 2. The van der Waals surface area contributed by atoms with E-state index in [9.17, 15) is 9.59 Å². The molecule has 0 spiro atoms. The van der Waals surface area contributed by atoms with Crippen molar-refractivity contribution in [2.75, 3.05) is 0 Å². The first-order valence-corrected chi connectivity index (χ1v) is 6.37. The molecule has 1 aromatic heterocycles. The van der Waals surface area contributed by atoms with Gasteiger partial charge in [0.05, 0.1) is 16.6 Å². The number of para-hydroxylation sites is 1. The maximum absolute atomic E-state index is 11.8. The van der Waals surface area contributed by atoms with E-state index < -0.39 is 11.9 Å². The summed E-state index contributed by atoms with van der Waals surface area (Å²) >= 11 is 0. The van der Waals surface area contributed by atoms with Gasteiger partial charge in [-0.05, 0) is 24.6 Å². The summed E-state index contributed by atoms with van der Waals surface area (Å²) in [7, 11) is 1.96. The fourth-order valence-corrected chi connectivity index (χ4v) is 3.17. The summed E-state index contributed by atoms with van der Waals surface area (Å²) in [5, 5.41) is 2.05. The molecule has 0 saturated heterocycles. The molecule has 0 saturated carbocycles. The van der Waals surface area contributed by atoms with Gasteiger partial charge in [0.15, 0.2) is 0 Å². The Morgan fingerprint density at radius 1 is 1.05 bits per heavy atom. The smallest absolute Gasteiger partial charge is 0.347 e. The highest BCUT2D eigenvalue weighted by Gasteiger charge is 2.33. The van der Waals surface area contributed by atoms with Crippen molar-refractivity contribution in [3.8, 4) is 0 Å². The van der Waals surface area contributed by atoms with Crippen LogP contribution in [0.5, 0.6) is 0 Å². The van der Waals surface area contributed by atoms with Crippen LogP contribution < -0.4 is 0 Å². The molecule has 2 heterocycles. The van der Waals surface area contributed by atoms with Crippen LogP contribution in [0.1, 0.15) is 26.3 Å². The minimum Gasteiger partial charge on any atom is -0.386 e. The maximum atomic E-state index is 11.8. The third kappa shape index (κ3) is 1.16. The Balaban J connectivity index is 2.30. The van der Waals surface area contributed by atoms with Crippen molar-refractivity contribution in [3.63, 3.8) is 0 Å². The van der Waals surface area contributed by atoms with E-state index in [4.69, 9.17) is 4.74 Å². The minimum atomic E-state index is -0.553. The average Bonchev–Trinajstić information content (AvgIpc) is 2.88. The van der Waals surface area contributed by atoms with Crippen molar-refractivity contribution in [1.29, 1.82) is 0 Å². The van der Waals surface area contributed by atoms with Gasteiger partial charge in [0.25, 0.3) is 0 Å². The highest BCUT2D eigenvalue weighted by molar-refractivity contribution is 6.21. The second-order valence-corrected chi connectivity index (χ2v) is 5.07. The molecule has 0 N–H and O–H groups in total. The van der Waals surface area contributed by atoms with Crippen LogP contribution >= 0.6 is 0 Å². The number of carbonyl (C=O) groups excluding carboxylic acids is 2. The SMILES string of the molecule is Cc1c2c(cc3c4ccccc4n(C)c13)C(=O)OC2=O. The molecular weight excluding hydrogens is 254 g/mol. The topological polar surface area (TPSA) is 48.3 Å². The summed E-state index contributed by atoms with van der Waals surface area (Å²) in [5.41, 5.74) is 3.61. The fourth-order valence-electron chi connectivity index (χ4n) is 3.17. The molecule has 0 fully saturated rings. The van der Waals surface area contributed by atoms with Crippen molar-refractivity contribution < 1.29 is 14.3 Å². The van der Waals surface area contributed by atoms with Gasteiger partial charge >= 0.3 is 11.9 Å². The van der Waals surface area contributed by atoms with Crippen LogP contribution in [0.25, 0.3) is 21.8 Å². The molecule has 0 amide bonds. The molecule has 1 aliphatic heterocycles. The van der Waals surface area contributed by atoms with Gasteiger partial charge in [0, 0.05) is 23.3 Å². The van der Waals surface area contributed by atoms with Gasteiger partial charge < -0.3 is 9.30 Å². The van der Waals surface area contributed by atoms with E-state index in [0.717, 1.165) is 27.4 Å². The Bertz CT molecular complexity index is 934. The number of aryl methyl sites for hydroxylation is 2. The van der Waals surface area contributed by atoms with Gasteiger partial charge in [0.1, 0.15) is 0 Å². The first kappa shape index (κ1) is 11.2. The molecule has 3 aromatic rings. The zero-order chi connectivity index (χ0) is 14.0. The van der Waals surface area contributed by atoms with Gasteiger partial charge in [-0.1, -0.05) is 18.2 Å². The maximum Gasteiger partial charge on any atom is 0.347 e. The number of esters is 2. The van der Waals surface area contributed by atoms with Crippen molar-refractivity contribution >= 4 is 33.7 Å². The molecule has 0 unspecified atom stereocenters. The molecule has 0 atom stereocenters. The van der Waals surface area contributed by atoms with E-state index >= 15 is 0 Å². The number of nitrogens with zero attached hydrogens (tertiary/aromatic N) is 1. The highest BCUT2D eigenvalue weighted by Crippen LogP contribution is 2.36. The number of ether oxygens (including phenoxy) is 1. The second-order valence-electron chi connectivity index (χ2n) is 5.07. The lowest BCUT2D eigenvalue weighted by molar-refractivity contribution is 0.0443. The van der Waals surface area contributed by atoms with E-state index in [1.54, 1.807) is 6.07 Å². The van der Waals surface area contributed by atoms with E-state index in [1.807, 2.05) is 38.2 Å². The normalized spacial score (nSPS) is 14.1. The molecule has 0 aliphatic carbocycles. The van der Waals surface area contributed by atoms with E-state index in [2.05, 4.69) is 4.57 Å². The molecule has 0 radical (unpaired) electrons. The minimum absolute atomic E-state index is 0.372. The third-order valence-electron chi connectivity index (χ3n) is 4.04. The van der Waals surface area contributed by atoms with Gasteiger partial charge in [-0.25, -0.2) is 9.59 Å². The van der Waals surface area contributed by atoms with Gasteiger partial charge in [-0.15, -0.1) is 0 Å². The summed E-state index contributed by atoms with van der Waals surface area (Å²) in [6.07, 6.45) is 0. The molecule has 2 aromatic carbocycles. The zero-order valence-corrected chi connectivity index (χ0v) is 11.1. The second kappa shape index (κ2) is 3.48. The number of benzene rings is 2. The van der Waals surface area contributed by atoms with Gasteiger partial charge in [-0.3, -0.25) is 0 Å². The molecule has 20 heavy (non-hydrogen) atoms. The van der Waals surface area contributed by atoms with Crippen LogP contribution in [0, 0.1) is 6.92 Å². The average molecular weight is 265 g/mol. The number of carbonyl (C=O) groups is 2. The lowest BCUT2D eigenvalue weighted by Crippen LogP contribution is -2.00. The first-order chi connectivity index (χ1) is 9.59. The Hall–Kier alpha value is -2.62. The van der Waals surface area contributed by atoms with E-state index in [0.29, 0.717) is 11.1 Å². The molecular formula is C16H11NO3. The third-order valence-corrected chi connectivity index (χ3v) is 4.04. The van der Waals surface area contributed by atoms with Crippen LogP contribution in [0.3, 0.4) is 0 Å². The number of fused-ring (bicyclic) bond motifs is 4. The summed E-state index contributed by atoms with van der Waals surface area (Å²) < 4.78 is 6.77. The molecule has 1 aliphatic rings. The van der Waals surface area contributed by atoms with E-state index in [1.165, 1.54) is 0 Å². The quantitative estimate of drug-likeness (QED) is 0.464. The van der Waals surface area contributed by atoms with Crippen LogP contribution in [0.2, 0.25) is 0 Å². The molecule has 4 rings (SSSR count). The van der Waals surface area contributed by atoms with E-state index in [-0.39, 0.29) is 0 Å². The van der Waals surface area contributed by atoms with Gasteiger partial charge in [0.2, 0.25) is 0 Å². The van der Waals surface area contributed by atoms with Crippen LogP contribution in [0.15, 0.2) is 30.3 Å². The van der Waals surface area contributed by atoms with Crippen LogP contribution in [-0.4, -0.2) is 16.5 Å². The Morgan fingerprint density at radius 3 is 2.60 bits per heavy atom. The van der Waals surface area contributed by atoms with Crippen molar-refractivity contribution in [1.82, 2.24) is 4.57 Å². The Morgan fingerprint density at radius 2 is 1.80 bits per heavy atom. The lowest BCUT2D eigenvalue weighted by Gasteiger charge is -2.04. The predicted molar refractivity (Wildman–Crippen MR) is 74.9 cm³/mol. The van der Waals surface area contributed by atoms with Crippen molar-refractivity contribution in [3.05, 3.63) is 47.0 Å². The monoisotopic (exact) mass is 265 g/mol.